The lowest BCUT2D eigenvalue weighted by Crippen LogP contribution is -2.46. The Hall–Kier alpha value is -0.200. The van der Waals surface area contributed by atoms with Crippen molar-refractivity contribution >= 4 is 22.6 Å². The SMILES string of the molecule is CCC(C)[C@@H](c1cc(I)ccc1F)N1CCNCC1. The van der Waals surface area contributed by atoms with Crippen LogP contribution in [0.15, 0.2) is 18.2 Å². The zero-order valence-corrected chi connectivity index (χ0v) is 13.8. The van der Waals surface area contributed by atoms with E-state index in [0.29, 0.717) is 5.92 Å². The van der Waals surface area contributed by atoms with Crippen molar-refractivity contribution in [3.63, 3.8) is 0 Å². The van der Waals surface area contributed by atoms with Crippen molar-refractivity contribution in [2.24, 2.45) is 5.92 Å². The van der Waals surface area contributed by atoms with Gasteiger partial charge >= 0.3 is 0 Å². The Labute approximate surface area is 128 Å². The molecule has 0 spiro atoms. The number of benzene rings is 1. The Morgan fingerprint density at radius 1 is 1.37 bits per heavy atom. The summed E-state index contributed by atoms with van der Waals surface area (Å²) in [5.74, 6) is 0.398. The third kappa shape index (κ3) is 3.67. The van der Waals surface area contributed by atoms with Gasteiger partial charge in [-0.25, -0.2) is 4.39 Å². The summed E-state index contributed by atoms with van der Waals surface area (Å²) in [6.07, 6.45) is 1.07. The van der Waals surface area contributed by atoms with Crippen LogP contribution in [0, 0.1) is 15.3 Å². The zero-order valence-electron chi connectivity index (χ0n) is 11.6. The van der Waals surface area contributed by atoms with Crippen LogP contribution in [0.1, 0.15) is 31.9 Å². The fourth-order valence-corrected chi connectivity index (χ4v) is 3.30. The van der Waals surface area contributed by atoms with E-state index >= 15 is 0 Å². The smallest absolute Gasteiger partial charge is 0.128 e. The number of nitrogens with zero attached hydrogens (tertiary/aromatic N) is 1. The summed E-state index contributed by atoms with van der Waals surface area (Å²) in [4.78, 5) is 2.43. The largest absolute Gasteiger partial charge is 0.314 e. The average molecular weight is 376 g/mol. The third-order valence-corrected chi connectivity index (χ3v) is 4.68. The molecule has 0 aromatic heterocycles. The minimum Gasteiger partial charge on any atom is -0.314 e. The summed E-state index contributed by atoms with van der Waals surface area (Å²) >= 11 is 2.26. The number of hydrogen-bond acceptors (Lipinski definition) is 2. The van der Waals surface area contributed by atoms with Gasteiger partial charge in [-0.3, -0.25) is 4.90 Å². The molecule has 1 unspecified atom stereocenters. The first-order valence-corrected chi connectivity index (χ1v) is 8.11. The molecule has 0 saturated carbocycles. The Bertz CT molecular complexity index is 419. The molecule has 2 atom stereocenters. The fraction of sp³-hybridized carbons (Fsp3) is 0.600. The van der Waals surface area contributed by atoms with Gasteiger partial charge in [-0.1, -0.05) is 20.3 Å². The van der Waals surface area contributed by atoms with Gasteiger partial charge in [0.1, 0.15) is 5.82 Å². The standard InChI is InChI=1S/C15H22FIN2/c1-3-11(2)15(19-8-6-18-7-9-19)13-10-12(17)4-5-14(13)16/h4-5,10-11,15,18H,3,6-9H2,1-2H3/t11?,15-/m0/s1. The van der Waals surface area contributed by atoms with Crippen molar-refractivity contribution in [3.05, 3.63) is 33.1 Å². The van der Waals surface area contributed by atoms with E-state index in [-0.39, 0.29) is 11.9 Å². The zero-order chi connectivity index (χ0) is 13.8. The molecule has 0 radical (unpaired) electrons. The Morgan fingerprint density at radius 3 is 2.68 bits per heavy atom. The molecule has 2 rings (SSSR count). The molecule has 1 aliphatic rings. The van der Waals surface area contributed by atoms with E-state index in [2.05, 4.69) is 46.7 Å². The number of halogens is 2. The predicted octanol–water partition coefficient (Wildman–Crippen LogP) is 3.42. The molecule has 1 aliphatic heterocycles. The third-order valence-electron chi connectivity index (χ3n) is 4.00. The van der Waals surface area contributed by atoms with Gasteiger partial charge in [0, 0.05) is 41.4 Å². The van der Waals surface area contributed by atoms with Gasteiger partial charge < -0.3 is 5.32 Å². The number of piperazine rings is 1. The molecule has 1 aromatic carbocycles. The van der Waals surface area contributed by atoms with Gasteiger partial charge in [0.05, 0.1) is 0 Å². The average Bonchev–Trinajstić information content (AvgIpc) is 2.44. The topological polar surface area (TPSA) is 15.3 Å². The lowest BCUT2D eigenvalue weighted by atomic mass is 9.90. The summed E-state index contributed by atoms with van der Waals surface area (Å²) in [7, 11) is 0. The van der Waals surface area contributed by atoms with Crippen molar-refractivity contribution in [3.8, 4) is 0 Å². The minimum absolute atomic E-state index is 0.0655. The molecule has 0 amide bonds. The summed E-state index contributed by atoms with van der Waals surface area (Å²) in [6, 6.07) is 5.65. The molecule has 1 heterocycles. The monoisotopic (exact) mass is 376 g/mol. The van der Waals surface area contributed by atoms with Gasteiger partial charge in [0.25, 0.3) is 0 Å². The van der Waals surface area contributed by atoms with E-state index in [1.54, 1.807) is 6.07 Å². The van der Waals surface area contributed by atoms with Crippen LogP contribution >= 0.6 is 22.6 Å². The van der Waals surface area contributed by atoms with Crippen molar-refractivity contribution in [2.75, 3.05) is 26.2 Å². The first-order valence-electron chi connectivity index (χ1n) is 7.03. The van der Waals surface area contributed by atoms with Crippen LogP contribution in [0.25, 0.3) is 0 Å². The van der Waals surface area contributed by atoms with Gasteiger partial charge in [0.2, 0.25) is 0 Å². The van der Waals surface area contributed by atoms with Crippen molar-refractivity contribution < 1.29 is 4.39 Å². The molecular weight excluding hydrogens is 354 g/mol. The van der Waals surface area contributed by atoms with Crippen molar-refractivity contribution in [1.29, 1.82) is 0 Å². The number of nitrogens with one attached hydrogen (secondary N) is 1. The number of hydrogen-bond donors (Lipinski definition) is 1. The normalized spacial score (nSPS) is 20.2. The molecule has 4 heteroatoms. The first kappa shape index (κ1) is 15.2. The summed E-state index contributed by atoms with van der Waals surface area (Å²) in [6.45, 7) is 8.41. The molecule has 1 aromatic rings. The highest BCUT2D eigenvalue weighted by Crippen LogP contribution is 2.33. The second-order valence-corrected chi connectivity index (χ2v) is 6.53. The molecule has 106 valence electrons. The quantitative estimate of drug-likeness (QED) is 0.811. The minimum atomic E-state index is -0.0655. The Morgan fingerprint density at radius 2 is 2.05 bits per heavy atom. The Balaban J connectivity index is 2.33. The first-order chi connectivity index (χ1) is 9.13. The van der Waals surface area contributed by atoms with Crippen LogP contribution < -0.4 is 5.32 Å². The van der Waals surface area contributed by atoms with E-state index < -0.39 is 0 Å². The highest BCUT2D eigenvalue weighted by molar-refractivity contribution is 14.1. The van der Waals surface area contributed by atoms with Crippen LogP contribution in [-0.4, -0.2) is 31.1 Å². The maximum Gasteiger partial charge on any atom is 0.128 e. The van der Waals surface area contributed by atoms with Gasteiger partial charge in [0.15, 0.2) is 0 Å². The van der Waals surface area contributed by atoms with E-state index in [4.69, 9.17) is 0 Å². The maximum absolute atomic E-state index is 14.2. The van der Waals surface area contributed by atoms with Crippen LogP contribution in [-0.2, 0) is 0 Å². The lowest BCUT2D eigenvalue weighted by Gasteiger charge is -2.38. The summed E-state index contributed by atoms with van der Waals surface area (Å²) < 4.78 is 15.3. The number of rotatable bonds is 4. The van der Waals surface area contributed by atoms with Crippen molar-refractivity contribution in [1.82, 2.24) is 10.2 Å². The van der Waals surface area contributed by atoms with Gasteiger partial charge in [-0.2, -0.15) is 0 Å². The fourth-order valence-electron chi connectivity index (χ4n) is 2.79. The maximum atomic E-state index is 14.2. The molecule has 2 nitrogen and oxygen atoms in total. The van der Waals surface area contributed by atoms with E-state index in [9.17, 15) is 4.39 Å². The van der Waals surface area contributed by atoms with Crippen LogP contribution in [0.5, 0.6) is 0 Å². The summed E-state index contributed by atoms with van der Waals surface area (Å²) in [5.41, 5.74) is 0.864. The van der Waals surface area contributed by atoms with Crippen LogP contribution in [0.3, 0.4) is 0 Å². The van der Waals surface area contributed by atoms with E-state index in [0.717, 1.165) is 41.7 Å². The highest BCUT2D eigenvalue weighted by atomic mass is 127. The van der Waals surface area contributed by atoms with Crippen LogP contribution in [0.2, 0.25) is 0 Å². The molecule has 1 fully saturated rings. The van der Waals surface area contributed by atoms with Crippen molar-refractivity contribution in [2.45, 2.75) is 26.3 Å². The molecule has 19 heavy (non-hydrogen) atoms. The molecule has 1 N–H and O–H groups in total. The van der Waals surface area contributed by atoms with Gasteiger partial charge in [-0.05, 0) is 46.7 Å². The second-order valence-electron chi connectivity index (χ2n) is 5.28. The van der Waals surface area contributed by atoms with E-state index in [1.807, 2.05) is 12.1 Å². The molecule has 1 saturated heterocycles. The predicted molar refractivity (Wildman–Crippen MR) is 85.8 cm³/mol. The van der Waals surface area contributed by atoms with Crippen LogP contribution in [0.4, 0.5) is 4.39 Å². The second kappa shape index (κ2) is 6.99. The summed E-state index contributed by atoms with van der Waals surface area (Å²) in [5, 5.41) is 3.37. The molecule has 0 bridgehead atoms. The van der Waals surface area contributed by atoms with Gasteiger partial charge in [-0.15, -0.1) is 0 Å². The molecule has 0 aliphatic carbocycles. The Kier molecular flexibility index (Phi) is 5.59. The highest BCUT2D eigenvalue weighted by Gasteiger charge is 2.28. The van der Waals surface area contributed by atoms with E-state index in [1.165, 1.54) is 0 Å². The lowest BCUT2D eigenvalue weighted by molar-refractivity contribution is 0.125. The molecular formula is C15H22FIN2.